The lowest BCUT2D eigenvalue weighted by Crippen LogP contribution is -2.38. The maximum Gasteiger partial charge on any atom is 0.419 e. The fraction of sp³-hybridized carbons (Fsp3) is 0.562. The summed E-state index contributed by atoms with van der Waals surface area (Å²) in [6.07, 6.45) is -2.40. The molecule has 1 aliphatic rings. The number of carboxylic acid groups (broad SMARTS) is 1. The molecule has 0 saturated heterocycles. The number of aromatic nitrogens is 3. The van der Waals surface area contributed by atoms with Gasteiger partial charge in [-0.2, -0.15) is 13.2 Å². The lowest BCUT2D eigenvalue weighted by Gasteiger charge is -2.28. The second-order valence-electron chi connectivity index (χ2n) is 13.7. The van der Waals surface area contributed by atoms with Crippen LogP contribution < -0.4 is 10.6 Å². The summed E-state index contributed by atoms with van der Waals surface area (Å²) in [7, 11) is 0.199. The van der Waals surface area contributed by atoms with Crippen molar-refractivity contribution in [2.45, 2.75) is 76.5 Å². The van der Waals surface area contributed by atoms with Crippen LogP contribution in [0.5, 0.6) is 0 Å². The molecule has 0 spiro atoms. The summed E-state index contributed by atoms with van der Waals surface area (Å²) in [5, 5.41) is 13.1. The number of anilines is 1. The van der Waals surface area contributed by atoms with Crippen LogP contribution in [0.4, 0.5) is 28.3 Å². The minimum atomic E-state index is -4.79. The third kappa shape index (κ3) is 8.84. The lowest BCUT2D eigenvalue weighted by atomic mass is 10.0. The maximum absolute atomic E-state index is 14.9. The molecule has 48 heavy (non-hydrogen) atoms. The highest BCUT2D eigenvalue weighted by Crippen LogP contribution is 2.43. The number of hydrogen-bond donors (Lipinski definition) is 3. The fourth-order valence-electron chi connectivity index (χ4n) is 5.97. The second kappa shape index (κ2) is 14.0. The van der Waals surface area contributed by atoms with Crippen molar-refractivity contribution in [3.05, 3.63) is 35.7 Å². The zero-order valence-electron chi connectivity index (χ0n) is 28.1. The average Bonchev–Trinajstić information content (AvgIpc) is 3.60. The number of benzene rings is 1. The van der Waals surface area contributed by atoms with Gasteiger partial charge in [0.15, 0.2) is 0 Å². The van der Waals surface area contributed by atoms with Gasteiger partial charge in [-0.3, -0.25) is 0 Å². The van der Waals surface area contributed by atoms with Crippen LogP contribution in [0.1, 0.15) is 62.4 Å². The Morgan fingerprint density at radius 2 is 1.88 bits per heavy atom. The topological polar surface area (TPSA) is 141 Å². The first kappa shape index (κ1) is 37.1. The van der Waals surface area contributed by atoms with Gasteiger partial charge in [-0.05, 0) is 72.9 Å². The lowest BCUT2D eigenvalue weighted by molar-refractivity contribution is -0.137. The first-order valence-electron chi connectivity index (χ1n) is 15.6. The highest BCUT2D eigenvalue weighted by Gasteiger charge is 2.37. The molecule has 2 heterocycles. The summed E-state index contributed by atoms with van der Waals surface area (Å²) < 4.78 is 75.8. The minimum Gasteiger partial charge on any atom is -0.478 e. The van der Waals surface area contributed by atoms with Crippen molar-refractivity contribution in [1.29, 1.82) is 0 Å². The van der Waals surface area contributed by atoms with Gasteiger partial charge in [-0.25, -0.2) is 23.9 Å². The molecule has 2 unspecified atom stereocenters. The Hall–Kier alpha value is -3.71. The first-order chi connectivity index (χ1) is 22.2. The Labute approximate surface area is 276 Å². The van der Waals surface area contributed by atoms with Crippen molar-refractivity contribution < 1.29 is 41.6 Å². The van der Waals surface area contributed by atoms with Crippen molar-refractivity contribution in [3.8, 4) is 11.3 Å². The summed E-state index contributed by atoms with van der Waals surface area (Å²) in [6, 6.07) is 2.44. The molecular weight excluding hydrogens is 655 g/mol. The summed E-state index contributed by atoms with van der Waals surface area (Å²) in [5.41, 5.74) is -2.10. The van der Waals surface area contributed by atoms with Gasteiger partial charge in [0.2, 0.25) is 5.95 Å². The van der Waals surface area contributed by atoms with Crippen molar-refractivity contribution >= 4 is 41.4 Å². The van der Waals surface area contributed by atoms with E-state index in [1.807, 2.05) is 11.9 Å². The third-order valence-electron chi connectivity index (χ3n) is 8.28. The predicted octanol–water partition coefficient (Wildman–Crippen LogP) is 6.45. The number of rotatable bonds is 11. The molecule has 2 aromatic heterocycles. The summed E-state index contributed by atoms with van der Waals surface area (Å²) in [4.78, 5) is 38.4. The van der Waals surface area contributed by atoms with Crippen molar-refractivity contribution in [3.63, 3.8) is 0 Å². The van der Waals surface area contributed by atoms with Gasteiger partial charge in [0.05, 0.1) is 16.8 Å². The molecule has 4 rings (SSSR count). The molecule has 264 valence electrons. The molecule has 1 aromatic carbocycles. The van der Waals surface area contributed by atoms with Crippen LogP contribution in [0.25, 0.3) is 22.2 Å². The van der Waals surface area contributed by atoms with Gasteiger partial charge < -0.3 is 34.5 Å². The number of halogens is 4. The van der Waals surface area contributed by atoms with E-state index in [0.29, 0.717) is 19.0 Å². The average molecular weight is 699 g/mol. The number of nitrogens with one attached hydrogen (secondary N) is 2. The normalized spacial score (nSPS) is 17.9. The van der Waals surface area contributed by atoms with Gasteiger partial charge in [0, 0.05) is 60.9 Å². The second-order valence-corrected chi connectivity index (χ2v) is 16.9. The Kier molecular flexibility index (Phi) is 10.8. The molecule has 11 nitrogen and oxygen atoms in total. The monoisotopic (exact) mass is 698 g/mol. The summed E-state index contributed by atoms with van der Waals surface area (Å²) in [5.74, 6) is -1.32. The molecule has 3 aromatic rings. The smallest absolute Gasteiger partial charge is 0.419 e. The summed E-state index contributed by atoms with van der Waals surface area (Å²) >= 11 is 0. The van der Waals surface area contributed by atoms with Gasteiger partial charge >= 0.3 is 18.2 Å². The Balaban J connectivity index is 1.48. The number of carbonyl (C=O) groups is 2. The van der Waals surface area contributed by atoms with Crippen molar-refractivity contribution in [1.82, 2.24) is 24.8 Å². The number of amides is 1. The maximum atomic E-state index is 14.9. The number of carboxylic acids is 1. The fourth-order valence-corrected chi connectivity index (χ4v) is 7.44. The zero-order valence-corrected chi connectivity index (χ0v) is 29.0. The van der Waals surface area contributed by atoms with E-state index in [1.165, 1.54) is 36.6 Å². The van der Waals surface area contributed by atoms with E-state index in [9.17, 15) is 36.8 Å². The van der Waals surface area contributed by atoms with E-state index in [2.05, 4.69) is 20.3 Å². The summed E-state index contributed by atoms with van der Waals surface area (Å²) in [6.45, 7) is 8.41. The number of aromatic carboxylic acids is 1. The van der Waals surface area contributed by atoms with Crippen LogP contribution in [0.2, 0.25) is 0 Å². The highest BCUT2D eigenvalue weighted by atomic mass is 31.2. The molecule has 1 amide bonds. The molecule has 0 radical (unpaired) electrons. The van der Waals surface area contributed by atoms with E-state index in [1.54, 1.807) is 27.8 Å². The van der Waals surface area contributed by atoms with Gasteiger partial charge in [-0.15, -0.1) is 0 Å². The number of carbonyl (C=O) groups excluding carboxylic acids is 1. The number of hydrogen-bond acceptors (Lipinski definition) is 8. The van der Waals surface area contributed by atoms with E-state index in [-0.39, 0.29) is 64.9 Å². The Morgan fingerprint density at radius 1 is 1.19 bits per heavy atom. The third-order valence-corrected chi connectivity index (χ3v) is 9.82. The number of H-pyrrole nitrogens is 1. The van der Waals surface area contributed by atoms with Crippen LogP contribution >= 0.6 is 7.14 Å². The molecular formula is C32H43F4N6O5P. The molecule has 1 aliphatic carbocycles. The SMILES string of the molecule is CN(CCC(F)CN(C)C1CC[C@H](Nc2ncc(C(F)(F)F)c(-c3c[nH]c4c(P(C)(C)=O)c(C(=O)O)ccc34)n2)C1)C(=O)OC(C)(C)C. The van der Waals surface area contributed by atoms with Crippen LogP contribution in [0.15, 0.2) is 24.5 Å². The number of fused-ring (bicyclic) bond motifs is 1. The van der Waals surface area contributed by atoms with Crippen LogP contribution in [0.3, 0.4) is 0 Å². The number of alkyl halides is 4. The molecule has 16 heteroatoms. The largest absolute Gasteiger partial charge is 0.478 e. The molecule has 3 N–H and O–H groups in total. The van der Waals surface area contributed by atoms with Gasteiger partial charge in [0.25, 0.3) is 0 Å². The molecule has 1 fully saturated rings. The van der Waals surface area contributed by atoms with Crippen LogP contribution in [-0.2, 0) is 15.5 Å². The number of nitrogens with zero attached hydrogens (tertiary/aromatic N) is 4. The zero-order chi connectivity index (χ0) is 35.8. The van der Waals surface area contributed by atoms with Crippen LogP contribution in [0, 0.1) is 0 Å². The minimum absolute atomic E-state index is 0.00695. The van der Waals surface area contributed by atoms with Crippen molar-refractivity contribution in [2.75, 3.05) is 45.8 Å². The standard InChI is InChI=1S/C32H43F4N6O5P/c1-31(2,3)47-30(45)41(4)13-12-18(33)17-42(5)20-9-8-19(14-20)39-29-38-16-24(32(34,35)36)25(40-29)23-15-37-26-21(23)10-11-22(28(43)44)27(26)48(6,7)46/h10-11,15-16,18-20,37H,8-9,12-14,17H2,1-7H3,(H,43,44)(H,38,39,40)/t18?,19-,20?/m0/s1. The van der Waals surface area contributed by atoms with E-state index in [4.69, 9.17) is 4.74 Å². The first-order valence-corrected chi connectivity index (χ1v) is 18.2. The van der Waals surface area contributed by atoms with Crippen LogP contribution in [-0.4, -0.2) is 106 Å². The molecule has 0 bridgehead atoms. The molecule has 1 saturated carbocycles. The predicted molar refractivity (Wildman–Crippen MR) is 176 cm³/mol. The Bertz CT molecular complexity index is 1700. The Morgan fingerprint density at radius 3 is 2.48 bits per heavy atom. The molecule has 0 aliphatic heterocycles. The van der Waals surface area contributed by atoms with E-state index in [0.717, 1.165) is 6.42 Å². The number of ether oxygens (including phenoxy) is 1. The van der Waals surface area contributed by atoms with Crippen molar-refractivity contribution in [2.24, 2.45) is 0 Å². The van der Waals surface area contributed by atoms with E-state index >= 15 is 0 Å². The van der Waals surface area contributed by atoms with E-state index < -0.39 is 48.4 Å². The van der Waals surface area contributed by atoms with Gasteiger partial charge in [-0.1, -0.05) is 6.07 Å². The molecule has 3 atom stereocenters. The quantitative estimate of drug-likeness (QED) is 0.152. The highest BCUT2D eigenvalue weighted by molar-refractivity contribution is 7.70. The van der Waals surface area contributed by atoms with Gasteiger partial charge in [0.1, 0.15) is 24.5 Å². The number of aromatic amines is 1.